The van der Waals surface area contributed by atoms with Gasteiger partial charge >= 0.3 is 0 Å². The molecule has 1 heteroatoms. The summed E-state index contributed by atoms with van der Waals surface area (Å²) in [4.78, 5) is 0. The molecule has 0 nitrogen and oxygen atoms in total. The third-order valence-corrected chi connectivity index (χ3v) is 4.40. The van der Waals surface area contributed by atoms with Gasteiger partial charge in [0.2, 0.25) is 0 Å². The molecule has 0 saturated carbocycles. The molecule has 0 rings (SSSR count). The molecule has 0 aromatic carbocycles. The average molecular weight is 140 g/mol. The van der Waals surface area contributed by atoms with E-state index in [1.54, 1.807) is 0 Å². The van der Waals surface area contributed by atoms with Crippen LogP contribution in [0.3, 0.4) is 0 Å². The molecular formula is C8H16Si. The molecule has 9 heavy (non-hydrogen) atoms. The summed E-state index contributed by atoms with van der Waals surface area (Å²) in [5, 5.41) is 0. The molecule has 0 aromatic rings. The van der Waals surface area contributed by atoms with Crippen LogP contribution in [-0.4, -0.2) is 8.07 Å². The lowest BCUT2D eigenvalue weighted by Crippen LogP contribution is -2.24. The van der Waals surface area contributed by atoms with Crippen molar-refractivity contribution in [3.8, 4) is 11.8 Å². The predicted molar refractivity (Wildman–Crippen MR) is 46.2 cm³/mol. The lowest BCUT2D eigenvalue weighted by Gasteiger charge is -2.19. The van der Waals surface area contributed by atoms with E-state index in [9.17, 15) is 0 Å². The van der Waals surface area contributed by atoms with Crippen molar-refractivity contribution in [2.24, 2.45) is 0 Å². The number of hydrogen-bond donors (Lipinski definition) is 0. The summed E-state index contributed by atoms with van der Waals surface area (Å²) in [6.07, 6.45) is 0. The predicted octanol–water partition coefficient (Wildman–Crippen LogP) is 2.74. The standard InChI is InChI=1S/C8H16Si/c1-6-7-8(2)9(3,4)5/h8H,1-5H3. The Morgan fingerprint density at radius 3 is 1.78 bits per heavy atom. The third-order valence-electron chi connectivity index (χ3n) is 1.66. The molecule has 0 N–H and O–H groups in total. The summed E-state index contributed by atoms with van der Waals surface area (Å²) in [6.45, 7) is 11.2. The van der Waals surface area contributed by atoms with E-state index in [1.807, 2.05) is 6.92 Å². The van der Waals surface area contributed by atoms with Crippen LogP contribution in [0.4, 0.5) is 0 Å². The maximum Gasteiger partial charge on any atom is 0.0609 e. The van der Waals surface area contributed by atoms with Gasteiger partial charge in [-0.2, -0.15) is 0 Å². The van der Waals surface area contributed by atoms with Crippen LogP contribution in [-0.2, 0) is 0 Å². The Balaban J connectivity index is 3.99. The zero-order chi connectivity index (χ0) is 7.49. The molecule has 52 valence electrons. The second-order valence-corrected chi connectivity index (χ2v) is 9.08. The van der Waals surface area contributed by atoms with Crippen LogP contribution in [0.5, 0.6) is 0 Å². The highest BCUT2D eigenvalue weighted by molar-refractivity contribution is 6.78. The minimum Gasteiger partial charge on any atom is -0.107 e. The Bertz CT molecular complexity index is 131. The van der Waals surface area contributed by atoms with E-state index < -0.39 is 8.07 Å². The lowest BCUT2D eigenvalue weighted by atomic mass is 10.5. The Kier molecular flexibility index (Phi) is 3.00. The zero-order valence-electron chi connectivity index (χ0n) is 7.08. The van der Waals surface area contributed by atoms with Crippen molar-refractivity contribution in [3.63, 3.8) is 0 Å². The van der Waals surface area contributed by atoms with Crippen LogP contribution < -0.4 is 0 Å². The van der Waals surface area contributed by atoms with Gasteiger partial charge in [-0.3, -0.25) is 0 Å². The fourth-order valence-corrected chi connectivity index (χ4v) is 1.01. The Hall–Kier alpha value is -0.223. The molecule has 0 spiro atoms. The van der Waals surface area contributed by atoms with Crippen molar-refractivity contribution >= 4 is 8.07 Å². The van der Waals surface area contributed by atoms with Crippen LogP contribution >= 0.6 is 0 Å². The topological polar surface area (TPSA) is 0 Å². The quantitative estimate of drug-likeness (QED) is 0.388. The highest BCUT2D eigenvalue weighted by Crippen LogP contribution is 2.18. The van der Waals surface area contributed by atoms with Crippen LogP contribution in [0.2, 0.25) is 25.2 Å². The highest BCUT2D eigenvalue weighted by atomic mass is 28.3. The SMILES string of the molecule is CC#CC(C)[Si](C)(C)C. The molecule has 0 amide bonds. The normalized spacial score (nSPS) is 13.9. The molecule has 0 bridgehead atoms. The first-order valence-corrected chi connectivity index (χ1v) is 6.98. The van der Waals surface area contributed by atoms with E-state index in [0.717, 1.165) is 0 Å². The minimum atomic E-state index is -0.955. The van der Waals surface area contributed by atoms with Gasteiger partial charge in [0.05, 0.1) is 8.07 Å². The van der Waals surface area contributed by atoms with E-state index >= 15 is 0 Å². The van der Waals surface area contributed by atoms with E-state index in [2.05, 4.69) is 38.4 Å². The number of hydrogen-bond acceptors (Lipinski definition) is 0. The monoisotopic (exact) mass is 140 g/mol. The lowest BCUT2D eigenvalue weighted by molar-refractivity contribution is 1.17. The van der Waals surface area contributed by atoms with Crippen molar-refractivity contribution in [1.29, 1.82) is 0 Å². The summed E-state index contributed by atoms with van der Waals surface area (Å²) in [5.74, 6) is 6.16. The van der Waals surface area contributed by atoms with Gasteiger partial charge in [0.25, 0.3) is 0 Å². The molecule has 1 atom stereocenters. The maximum absolute atomic E-state index is 3.20. The third kappa shape index (κ3) is 3.37. The molecule has 0 heterocycles. The molecule has 0 aliphatic rings. The molecule has 0 fully saturated rings. The van der Waals surface area contributed by atoms with Crippen molar-refractivity contribution in [3.05, 3.63) is 0 Å². The first-order chi connectivity index (χ1) is 3.98. The van der Waals surface area contributed by atoms with Gasteiger partial charge in [0.1, 0.15) is 0 Å². The van der Waals surface area contributed by atoms with Gasteiger partial charge in [-0.15, -0.1) is 11.8 Å². The Morgan fingerprint density at radius 2 is 1.67 bits per heavy atom. The van der Waals surface area contributed by atoms with Gasteiger partial charge in [-0.1, -0.05) is 26.6 Å². The maximum atomic E-state index is 3.20. The fourth-order valence-electron chi connectivity index (χ4n) is 0.433. The van der Waals surface area contributed by atoms with Gasteiger partial charge < -0.3 is 0 Å². The average Bonchev–Trinajstić information content (AvgIpc) is 1.64. The summed E-state index contributed by atoms with van der Waals surface area (Å²) < 4.78 is 0. The van der Waals surface area contributed by atoms with Crippen LogP contribution in [0.1, 0.15) is 13.8 Å². The van der Waals surface area contributed by atoms with Crippen molar-refractivity contribution in [1.82, 2.24) is 0 Å². The molecule has 1 unspecified atom stereocenters. The van der Waals surface area contributed by atoms with E-state index in [-0.39, 0.29) is 0 Å². The van der Waals surface area contributed by atoms with Crippen LogP contribution in [0.25, 0.3) is 0 Å². The summed E-state index contributed by atoms with van der Waals surface area (Å²) in [6, 6.07) is 0. The zero-order valence-corrected chi connectivity index (χ0v) is 8.08. The fraction of sp³-hybridized carbons (Fsp3) is 0.750. The summed E-state index contributed by atoms with van der Waals surface area (Å²) in [7, 11) is -0.955. The highest BCUT2D eigenvalue weighted by Gasteiger charge is 2.19. The van der Waals surface area contributed by atoms with Gasteiger partial charge in [-0.25, -0.2) is 0 Å². The second kappa shape index (κ2) is 3.08. The van der Waals surface area contributed by atoms with Crippen molar-refractivity contribution in [2.75, 3.05) is 0 Å². The largest absolute Gasteiger partial charge is 0.107 e. The molecule has 0 saturated heterocycles. The van der Waals surface area contributed by atoms with Gasteiger partial charge in [0.15, 0.2) is 0 Å². The summed E-state index contributed by atoms with van der Waals surface area (Å²) in [5.41, 5.74) is 0.641. The second-order valence-electron chi connectivity index (χ2n) is 3.48. The van der Waals surface area contributed by atoms with Crippen LogP contribution in [0, 0.1) is 11.8 Å². The van der Waals surface area contributed by atoms with E-state index in [1.165, 1.54) is 0 Å². The molecule has 0 radical (unpaired) electrons. The Labute approximate surface area is 59.7 Å². The smallest absolute Gasteiger partial charge is 0.0609 e. The first kappa shape index (κ1) is 8.78. The molecular weight excluding hydrogens is 124 g/mol. The van der Waals surface area contributed by atoms with Crippen molar-refractivity contribution in [2.45, 2.75) is 39.0 Å². The molecule has 0 aliphatic heterocycles. The van der Waals surface area contributed by atoms with Gasteiger partial charge in [0, 0.05) is 5.54 Å². The first-order valence-electron chi connectivity index (χ1n) is 3.40. The molecule has 0 aromatic heterocycles. The van der Waals surface area contributed by atoms with E-state index in [0.29, 0.717) is 5.54 Å². The van der Waals surface area contributed by atoms with Crippen LogP contribution in [0.15, 0.2) is 0 Å². The minimum absolute atomic E-state index is 0.641. The molecule has 0 aliphatic carbocycles. The Morgan fingerprint density at radius 1 is 1.22 bits per heavy atom. The van der Waals surface area contributed by atoms with E-state index in [4.69, 9.17) is 0 Å². The summed E-state index contributed by atoms with van der Waals surface area (Å²) >= 11 is 0. The van der Waals surface area contributed by atoms with Crippen molar-refractivity contribution < 1.29 is 0 Å². The number of rotatable bonds is 1. The van der Waals surface area contributed by atoms with Gasteiger partial charge in [-0.05, 0) is 6.92 Å².